The van der Waals surface area contributed by atoms with Crippen molar-refractivity contribution in [2.45, 2.75) is 26.3 Å². The molecule has 0 N–H and O–H groups in total. The molecule has 33 heavy (non-hydrogen) atoms. The molecule has 0 aromatic heterocycles. The van der Waals surface area contributed by atoms with Crippen molar-refractivity contribution < 1.29 is 0 Å². The second-order valence-corrected chi connectivity index (χ2v) is 13.2. The zero-order chi connectivity index (χ0) is 22.8. The van der Waals surface area contributed by atoms with Gasteiger partial charge in [-0.1, -0.05) is 138 Å². The van der Waals surface area contributed by atoms with Crippen molar-refractivity contribution in [1.29, 1.82) is 0 Å². The highest BCUT2D eigenvalue weighted by Gasteiger charge is 2.48. The maximum atomic E-state index is 2.46. The molecule has 5 rings (SSSR count). The van der Waals surface area contributed by atoms with E-state index in [-0.39, 0.29) is 0 Å². The zero-order valence-electron chi connectivity index (χ0n) is 19.6. The van der Waals surface area contributed by atoms with Gasteiger partial charge in [-0.2, -0.15) is 0 Å². The third-order valence-electron chi connectivity index (χ3n) is 6.91. The largest absolute Gasteiger partial charge is 0.159 e. The quantitative estimate of drug-likeness (QED) is 0.259. The third-order valence-corrected chi connectivity index (χ3v) is 12.0. The van der Waals surface area contributed by atoms with Gasteiger partial charge in [0.2, 0.25) is 0 Å². The van der Waals surface area contributed by atoms with Gasteiger partial charge >= 0.3 is 0 Å². The summed E-state index contributed by atoms with van der Waals surface area (Å²) in [5, 5.41) is 4.41. The van der Waals surface area contributed by atoms with Gasteiger partial charge in [0.1, 0.15) is 0 Å². The molecule has 0 saturated carbocycles. The lowest BCUT2D eigenvalue weighted by atomic mass is 10.1. The van der Waals surface area contributed by atoms with Crippen LogP contribution in [0.1, 0.15) is 22.3 Å². The van der Waals surface area contributed by atoms with Crippen molar-refractivity contribution in [1.82, 2.24) is 0 Å². The number of benzene rings is 4. The molecular weight excluding hydrogens is 412 g/mol. The molecule has 1 heteroatoms. The molecule has 0 nitrogen and oxygen atoms in total. The molecule has 0 heterocycles. The molecule has 1 aliphatic carbocycles. The Hall–Kier alpha value is -3.42. The Morgan fingerprint density at radius 3 is 1.48 bits per heavy atom. The fourth-order valence-corrected chi connectivity index (χ4v) is 11.1. The van der Waals surface area contributed by atoms with Crippen LogP contribution in [-0.4, -0.2) is 8.07 Å². The van der Waals surface area contributed by atoms with E-state index in [1.807, 2.05) is 0 Å². The number of aryl methyl sites for hydroxylation is 3. The lowest BCUT2D eigenvalue weighted by Gasteiger charge is -2.40. The average molecular weight is 443 g/mol. The first-order chi connectivity index (χ1) is 16.1. The van der Waals surface area contributed by atoms with E-state index < -0.39 is 8.07 Å². The topological polar surface area (TPSA) is 0 Å². The molecule has 0 amide bonds. The number of rotatable bonds is 5. The van der Waals surface area contributed by atoms with Gasteiger partial charge in [-0.25, -0.2) is 0 Å². The van der Waals surface area contributed by atoms with Crippen molar-refractivity contribution in [3.05, 3.63) is 144 Å². The molecule has 0 spiro atoms. The highest BCUT2D eigenvalue weighted by molar-refractivity contribution is 7.13. The Morgan fingerprint density at radius 2 is 1.03 bits per heavy atom. The van der Waals surface area contributed by atoms with Crippen molar-refractivity contribution in [2.24, 2.45) is 0 Å². The fraction of sp³-hybridized carbons (Fsp3) is 0.125. The second-order valence-electron chi connectivity index (χ2n) is 9.27. The predicted octanol–water partition coefficient (Wildman–Crippen LogP) is 6.11. The van der Waals surface area contributed by atoms with Crippen LogP contribution in [0.2, 0.25) is 5.54 Å². The number of hydrogen-bond donors (Lipinski definition) is 0. The minimum atomic E-state index is -2.49. The molecule has 0 radical (unpaired) electrons. The van der Waals surface area contributed by atoms with Gasteiger partial charge in [0.15, 0.2) is 8.07 Å². The Balaban J connectivity index is 1.88. The van der Waals surface area contributed by atoms with Crippen LogP contribution >= 0.6 is 0 Å². The van der Waals surface area contributed by atoms with Crippen molar-refractivity contribution in [3.63, 3.8) is 0 Å². The summed E-state index contributed by atoms with van der Waals surface area (Å²) < 4.78 is 0. The van der Waals surface area contributed by atoms with Gasteiger partial charge in [-0.05, 0) is 47.5 Å². The zero-order valence-corrected chi connectivity index (χ0v) is 20.6. The molecule has 1 unspecified atom stereocenters. The summed E-state index contributed by atoms with van der Waals surface area (Å²) in [5.41, 5.74) is 7.00. The minimum absolute atomic E-state index is 0.310. The van der Waals surface area contributed by atoms with Crippen LogP contribution < -0.4 is 15.6 Å². The van der Waals surface area contributed by atoms with Crippen LogP contribution in [0.15, 0.2) is 121 Å². The highest BCUT2D eigenvalue weighted by Crippen LogP contribution is 2.41. The van der Waals surface area contributed by atoms with E-state index in [2.05, 4.69) is 142 Å². The van der Waals surface area contributed by atoms with Gasteiger partial charge < -0.3 is 0 Å². The van der Waals surface area contributed by atoms with E-state index in [1.54, 1.807) is 0 Å². The molecule has 162 valence electrons. The van der Waals surface area contributed by atoms with E-state index in [9.17, 15) is 0 Å². The SMILES string of the molecule is Cc1cccc([Si](c2cccc(C)c2)(c2cccc(C)c2)C2C=CC=C2c2ccccc2)c1. The van der Waals surface area contributed by atoms with E-state index in [0.29, 0.717) is 5.54 Å². The number of allylic oxidation sites excluding steroid dienone is 4. The van der Waals surface area contributed by atoms with Gasteiger partial charge in [-0.3, -0.25) is 0 Å². The van der Waals surface area contributed by atoms with Crippen LogP contribution in [0.3, 0.4) is 0 Å². The molecular formula is C32H30Si. The maximum absolute atomic E-state index is 2.49. The normalized spacial score (nSPS) is 15.5. The molecule has 4 aromatic carbocycles. The summed E-state index contributed by atoms with van der Waals surface area (Å²) in [7, 11) is -2.49. The van der Waals surface area contributed by atoms with Gasteiger partial charge in [0, 0.05) is 5.54 Å². The smallest absolute Gasteiger partial charge is 0.0787 e. The van der Waals surface area contributed by atoms with E-state index in [0.717, 1.165) is 0 Å². The van der Waals surface area contributed by atoms with Gasteiger partial charge in [-0.15, -0.1) is 0 Å². The molecule has 0 bridgehead atoms. The number of hydrogen-bond acceptors (Lipinski definition) is 0. The molecule has 0 fully saturated rings. The van der Waals surface area contributed by atoms with E-state index in [1.165, 1.54) is 43.4 Å². The Labute approximate surface area is 199 Å². The van der Waals surface area contributed by atoms with E-state index in [4.69, 9.17) is 0 Å². The Bertz CT molecular complexity index is 1230. The lowest BCUT2D eigenvalue weighted by Crippen LogP contribution is -2.69. The minimum Gasteiger partial charge on any atom is -0.0787 e. The predicted molar refractivity (Wildman–Crippen MR) is 146 cm³/mol. The van der Waals surface area contributed by atoms with Crippen molar-refractivity contribution >= 4 is 29.2 Å². The maximum Gasteiger partial charge on any atom is 0.159 e. The van der Waals surface area contributed by atoms with Crippen molar-refractivity contribution in [2.75, 3.05) is 0 Å². The fourth-order valence-electron chi connectivity index (χ4n) is 5.47. The van der Waals surface area contributed by atoms with Crippen LogP contribution in [0.25, 0.3) is 5.57 Å². The summed E-state index contributed by atoms with van der Waals surface area (Å²) in [5.74, 6) is 0. The molecule has 1 aliphatic rings. The Kier molecular flexibility index (Phi) is 5.74. The first kappa shape index (κ1) is 21.4. The molecule has 1 atom stereocenters. The van der Waals surface area contributed by atoms with Crippen LogP contribution in [0, 0.1) is 20.8 Å². The first-order valence-corrected chi connectivity index (χ1v) is 13.8. The van der Waals surface area contributed by atoms with Crippen LogP contribution in [0.4, 0.5) is 0 Å². The van der Waals surface area contributed by atoms with Crippen LogP contribution in [0.5, 0.6) is 0 Å². The van der Waals surface area contributed by atoms with Gasteiger partial charge in [0.05, 0.1) is 0 Å². The van der Waals surface area contributed by atoms with Crippen LogP contribution in [-0.2, 0) is 0 Å². The Morgan fingerprint density at radius 1 is 0.545 bits per heavy atom. The molecule has 0 aliphatic heterocycles. The standard InChI is InChI=1S/C32H30Si/c1-24-11-7-16-28(21-24)33(29-17-8-12-25(2)22-29,30-18-9-13-26(3)23-30)32-20-10-19-31(32)27-14-5-4-6-15-27/h4-23,32H,1-3H3. The summed E-state index contributed by atoms with van der Waals surface area (Å²) in [6.07, 6.45) is 7.07. The highest BCUT2D eigenvalue weighted by atomic mass is 28.3. The summed E-state index contributed by atoms with van der Waals surface area (Å²) in [6, 6.07) is 38.7. The molecule has 4 aromatic rings. The third kappa shape index (κ3) is 3.83. The first-order valence-electron chi connectivity index (χ1n) is 11.7. The monoisotopic (exact) mass is 442 g/mol. The molecule has 0 saturated heterocycles. The summed E-state index contributed by atoms with van der Waals surface area (Å²) in [6.45, 7) is 6.65. The van der Waals surface area contributed by atoms with Crippen molar-refractivity contribution in [3.8, 4) is 0 Å². The average Bonchev–Trinajstić information content (AvgIpc) is 3.31. The van der Waals surface area contributed by atoms with E-state index >= 15 is 0 Å². The summed E-state index contributed by atoms with van der Waals surface area (Å²) in [4.78, 5) is 0. The summed E-state index contributed by atoms with van der Waals surface area (Å²) >= 11 is 0. The van der Waals surface area contributed by atoms with Gasteiger partial charge in [0.25, 0.3) is 0 Å². The lowest BCUT2D eigenvalue weighted by molar-refractivity contribution is 1.33. The second kappa shape index (κ2) is 8.84.